The lowest BCUT2D eigenvalue weighted by Crippen LogP contribution is -2.28. The second-order valence-electron chi connectivity index (χ2n) is 3.07. The number of rotatable bonds is 1. The van der Waals surface area contributed by atoms with Crippen molar-refractivity contribution in [1.29, 1.82) is 0 Å². The van der Waals surface area contributed by atoms with Crippen molar-refractivity contribution < 1.29 is 0 Å². The Morgan fingerprint density at radius 1 is 1.55 bits per heavy atom. The summed E-state index contributed by atoms with van der Waals surface area (Å²) >= 11 is 0. The molecule has 0 amide bonds. The molecular weight excluding hydrogens is 138 g/mol. The molecule has 11 heavy (non-hydrogen) atoms. The molecule has 3 heteroatoms. The van der Waals surface area contributed by atoms with E-state index in [4.69, 9.17) is 0 Å². The number of aromatic amines is 1. The predicted octanol–water partition coefficient (Wildman–Crippen LogP) is 0.877. The quantitative estimate of drug-likeness (QED) is 0.625. The zero-order valence-electron chi connectivity index (χ0n) is 6.51. The van der Waals surface area contributed by atoms with Gasteiger partial charge in [-0.15, -0.1) is 0 Å². The van der Waals surface area contributed by atoms with E-state index in [9.17, 15) is 0 Å². The predicted molar refractivity (Wildman–Crippen MR) is 43.4 cm³/mol. The molecule has 1 aromatic rings. The van der Waals surface area contributed by atoms with Crippen LogP contribution in [0.3, 0.4) is 0 Å². The Balaban J connectivity index is 2.04. The van der Waals surface area contributed by atoms with Crippen LogP contribution in [0.4, 0.5) is 0 Å². The van der Waals surface area contributed by atoms with Crippen LogP contribution in [0, 0.1) is 0 Å². The normalized spacial score (nSPS) is 25.3. The maximum Gasteiger partial charge on any atom is 0.0522 e. The van der Waals surface area contributed by atoms with Gasteiger partial charge in [0.15, 0.2) is 0 Å². The molecule has 0 spiro atoms. The molecule has 3 nitrogen and oxygen atoms in total. The Morgan fingerprint density at radius 2 is 2.55 bits per heavy atom. The van der Waals surface area contributed by atoms with Gasteiger partial charge in [-0.2, -0.15) is 5.10 Å². The number of hydrogen-bond donors (Lipinski definition) is 2. The van der Waals surface area contributed by atoms with E-state index in [-0.39, 0.29) is 0 Å². The number of aromatic nitrogens is 2. The van der Waals surface area contributed by atoms with E-state index in [1.807, 2.05) is 12.4 Å². The molecule has 0 bridgehead atoms. The van der Waals surface area contributed by atoms with Crippen LogP contribution in [0.2, 0.25) is 0 Å². The molecule has 1 fully saturated rings. The van der Waals surface area contributed by atoms with Crippen LogP contribution in [-0.2, 0) is 0 Å². The van der Waals surface area contributed by atoms with Crippen molar-refractivity contribution >= 4 is 0 Å². The van der Waals surface area contributed by atoms with E-state index in [1.165, 1.54) is 24.9 Å². The smallest absolute Gasteiger partial charge is 0.0522 e. The maximum absolute atomic E-state index is 3.94. The first-order valence-electron chi connectivity index (χ1n) is 4.16. The molecule has 60 valence electrons. The van der Waals surface area contributed by atoms with E-state index in [0.29, 0.717) is 5.92 Å². The van der Waals surface area contributed by atoms with E-state index in [1.54, 1.807) is 0 Å². The van der Waals surface area contributed by atoms with Gasteiger partial charge in [-0.25, -0.2) is 0 Å². The number of hydrogen-bond acceptors (Lipinski definition) is 2. The first-order valence-corrected chi connectivity index (χ1v) is 4.16. The van der Waals surface area contributed by atoms with Crippen molar-refractivity contribution in [2.45, 2.75) is 18.8 Å². The molecule has 1 aliphatic rings. The van der Waals surface area contributed by atoms with Gasteiger partial charge in [0.1, 0.15) is 0 Å². The number of H-pyrrole nitrogens is 1. The van der Waals surface area contributed by atoms with Gasteiger partial charge in [0.05, 0.1) is 6.20 Å². The molecule has 1 atom stereocenters. The minimum atomic E-state index is 0.683. The van der Waals surface area contributed by atoms with Gasteiger partial charge in [-0.05, 0) is 30.9 Å². The lowest BCUT2D eigenvalue weighted by atomic mass is 9.94. The highest BCUT2D eigenvalue weighted by Gasteiger charge is 2.14. The summed E-state index contributed by atoms with van der Waals surface area (Å²) in [5.74, 6) is 0.683. The summed E-state index contributed by atoms with van der Waals surface area (Å²) in [6.45, 7) is 2.29. The van der Waals surface area contributed by atoms with E-state index >= 15 is 0 Å². The van der Waals surface area contributed by atoms with Crippen LogP contribution in [0.15, 0.2) is 12.4 Å². The third-order valence-corrected chi connectivity index (χ3v) is 2.29. The SMILES string of the molecule is c1n[nH]cc1[C@@H]1CCCNC1. The van der Waals surface area contributed by atoms with Crippen molar-refractivity contribution in [3.8, 4) is 0 Å². The maximum atomic E-state index is 3.94. The summed E-state index contributed by atoms with van der Waals surface area (Å²) in [6.07, 6.45) is 6.51. The summed E-state index contributed by atoms with van der Waals surface area (Å²) in [4.78, 5) is 0. The van der Waals surface area contributed by atoms with E-state index in [2.05, 4.69) is 15.5 Å². The summed E-state index contributed by atoms with van der Waals surface area (Å²) in [6, 6.07) is 0. The molecular formula is C8H13N3. The molecule has 1 aromatic heterocycles. The third kappa shape index (κ3) is 1.43. The Morgan fingerprint density at radius 3 is 3.18 bits per heavy atom. The van der Waals surface area contributed by atoms with Gasteiger partial charge in [-0.1, -0.05) is 0 Å². The Hall–Kier alpha value is -0.830. The first-order chi connectivity index (χ1) is 5.47. The molecule has 2 heterocycles. The molecule has 0 aliphatic carbocycles. The topological polar surface area (TPSA) is 40.7 Å². The van der Waals surface area contributed by atoms with Crippen molar-refractivity contribution in [3.63, 3.8) is 0 Å². The summed E-state index contributed by atoms with van der Waals surface area (Å²) in [5.41, 5.74) is 1.34. The van der Waals surface area contributed by atoms with Gasteiger partial charge in [-0.3, -0.25) is 5.10 Å². The van der Waals surface area contributed by atoms with E-state index in [0.717, 1.165) is 6.54 Å². The summed E-state index contributed by atoms with van der Waals surface area (Å²) < 4.78 is 0. The first kappa shape index (κ1) is 6.85. The molecule has 1 aliphatic heterocycles. The molecule has 2 rings (SSSR count). The van der Waals surface area contributed by atoms with Gasteiger partial charge >= 0.3 is 0 Å². The minimum Gasteiger partial charge on any atom is -0.316 e. The number of nitrogens with one attached hydrogen (secondary N) is 2. The zero-order chi connectivity index (χ0) is 7.52. The van der Waals surface area contributed by atoms with Crippen molar-refractivity contribution in [3.05, 3.63) is 18.0 Å². The molecule has 0 radical (unpaired) electrons. The molecule has 0 aromatic carbocycles. The highest BCUT2D eigenvalue weighted by molar-refractivity contribution is 5.11. The molecule has 0 unspecified atom stereocenters. The van der Waals surface area contributed by atoms with Gasteiger partial charge in [0, 0.05) is 12.7 Å². The minimum absolute atomic E-state index is 0.683. The fourth-order valence-electron chi connectivity index (χ4n) is 1.62. The number of piperidine rings is 1. The van der Waals surface area contributed by atoms with Crippen LogP contribution in [0.25, 0.3) is 0 Å². The average molecular weight is 151 g/mol. The second-order valence-corrected chi connectivity index (χ2v) is 3.07. The fraction of sp³-hybridized carbons (Fsp3) is 0.625. The second kappa shape index (κ2) is 3.05. The van der Waals surface area contributed by atoms with Crippen molar-refractivity contribution in [2.24, 2.45) is 0 Å². The van der Waals surface area contributed by atoms with Crippen LogP contribution in [-0.4, -0.2) is 23.3 Å². The van der Waals surface area contributed by atoms with Crippen molar-refractivity contribution in [1.82, 2.24) is 15.5 Å². The third-order valence-electron chi connectivity index (χ3n) is 2.29. The lowest BCUT2D eigenvalue weighted by molar-refractivity contribution is 0.462. The standard InChI is InChI=1S/C8H13N3/c1-2-7(4-9-3-1)8-5-10-11-6-8/h5-7,9H,1-4H2,(H,10,11)/t7-/m1/s1. The highest BCUT2D eigenvalue weighted by atomic mass is 15.1. The van der Waals surface area contributed by atoms with Gasteiger partial charge < -0.3 is 5.32 Å². The Labute approximate surface area is 66.2 Å². The van der Waals surface area contributed by atoms with Crippen LogP contribution in [0.1, 0.15) is 24.3 Å². The fourth-order valence-corrected chi connectivity index (χ4v) is 1.62. The molecule has 1 saturated heterocycles. The summed E-state index contributed by atoms with van der Waals surface area (Å²) in [7, 11) is 0. The molecule has 0 saturated carbocycles. The summed E-state index contributed by atoms with van der Waals surface area (Å²) in [5, 5.41) is 10.2. The largest absolute Gasteiger partial charge is 0.316 e. The highest BCUT2D eigenvalue weighted by Crippen LogP contribution is 2.21. The monoisotopic (exact) mass is 151 g/mol. The van der Waals surface area contributed by atoms with Crippen LogP contribution in [0.5, 0.6) is 0 Å². The van der Waals surface area contributed by atoms with Gasteiger partial charge in [0.25, 0.3) is 0 Å². The van der Waals surface area contributed by atoms with Gasteiger partial charge in [0.2, 0.25) is 0 Å². The lowest BCUT2D eigenvalue weighted by Gasteiger charge is -2.21. The van der Waals surface area contributed by atoms with Crippen LogP contribution >= 0.6 is 0 Å². The number of nitrogens with zero attached hydrogens (tertiary/aromatic N) is 1. The Bertz CT molecular complexity index is 199. The Kier molecular flexibility index (Phi) is 1.90. The zero-order valence-corrected chi connectivity index (χ0v) is 6.51. The van der Waals surface area contributed by atoms with Crippen molar-refractivity contribution in [2.75, 3.05) is 13.1 Å². The van der Waals surface area contributed by atoms with Crippen LogP contribution < -0.4 is 5.32 Å². The average Bonchev–Trinajstić information content (AvgIpc) is 2.58. The molecule has 2 N–H and O–H groups in total. The van der Waals surface area contributed by atoms with E-state index < -0.39 is 0 Å².